The highest BCUT2D eigenvalue weighted by atomic mass is 32.1. The van der Waals surface area contributed by atoms with Crippen LogP contribution in [-0.2, 0) is 13.6 Å². The summed E-state index contributed by atoms with van der Waals surface area (Å²) < 4.78 is 1.85. The Morgan fingerprint density at radius 3 is 3.00 bits per heavy atom. The number of nitrogens with one attached hydrogen (secondary N) is 1. The minimum atomic E-state index is 0.511. The summed E-state index contributed by atoms with van der Waals surface area (Å²) in [6, 6.07) is 4.58. The molecule has 4 nitrogen and oxygen atoms in total. The average molecular weight is 250 g/mol. The molecule has 0 saturated carbocycles. The summed E-state index contributed by atoms with van der Waals surface area (Å²) in [6.45, 7) is 5.12. The van der Waals surface area contributed by atoms with Crippen LogP contribution in [0.4, 0.5) is 0 Å². The molecule has 0 aliphatic carbocycles. The van der Waals surface area contributed by atoms with Gasteiger partial charge in [-0.1, -0.05) is 13.0 Å². The molecule has 2 rings (SSSR count). The summed E-state index contributed by atoms with van der Waals surface area (Å²) in [5, 5.41) is 9.91. The third kappa shape index (κ3) is 2.92. The Kier molecular flexibility index (Phi) is 3.91. The zero-order chi connectivity index (χ0) is 12.3. The molecule has 0 aliphatic rings. The monoisotopic (exact) mass is 250 g/mol. The molecule has 2 heterocycles. The molecule has 0 bridgehead atoms. The van der Waals surface area contributed by atoms with Gasteiger partial charge < -0.3 is 5.32 Å². The summed E-state index contributed by atoms with van der Waals surface area (Å²) in [4.78, 5) is 5.68. The standard InChI is InChI=1S/C12H18N4S/c1-4-9(2)13-8-11-14-12(15-16(11)3)10-6-5-7-17-10/h5-7,9,13H,4,8H2,1-3H3. The zero-order valence-corrected chi connectivity index (χ0v) is 11.3. The highest BCUT2D eigenvalue weighted by Crippen LogP contribution is 2.20. The van der Waals surface area contributed by atoms with Crippen molar-refractivity contribution >= 4 is 11.3 Å². The molecule has 1 unspecified atom stereocenters. The smallest absolute Gasteiger partial charge is 0.191 e. The van der Waals surface area contributed by atoms with Crippen molar-refractivity contribution in [1.82, 2.24) is 20.1 Å². The van der Waals surface area contributed by atoms with E-state index in [-0.39, 0.29) is 0 Å². The van der Waals surface area contributed by atoms with Gasteiger partial charge in [-0.25, -0.2) is 4.98 Å². The van der Waals surface area contributed by atoms with Crippen molar-refractivity contribution in [2.75, 3.05) is 0 Å². The van der Waals surface area contributed by atoms with Crippen LogP contribution in [0.5, 0.6) is 0 Å². The van der Waals surface area contributed by atoms with Gasteiger partial charge in [-0.3, -0.25) is 4.68 Å². The Morgan fingerprint density at radius 1 is 1.53 bits per heavy atom. The van der Waals surface area contributed by atoms with Gasteiger partial charge in [0, 0.05) is 13.1 Å². The van der Waals surface area contributed by atoms with Crippen LogP contribution in [0.2, 0.25) is 0 Å². The highest BCUT2D eigenvalue weighted by Gasteiger charge is 2.10. The normalized spacial score (nSPS) is 12.9. The molecule has 0 aliphatic heterocycles. The molecule has 0 radical (unpaired) electrons. The molecule has 5 heteroatoms. The van der Waals surface area contributed by atoms with Gasteiger partial charge in [-0.15, -0.1) is 11.3 Å². The number of hydrogen-bond acceptors (Lipinski definition) is 4. The minimum absolute atomic E-state index is 0.511. The van der Waals surface area contributed by atoms with Gasteiger partial charge in [0.05, 0.1) is 11.4 Å². The molecule has 1 N–H and O–H groups in total. The fraction of sp³-hybridized carbons (Fsp3) is 0.500. The maximum atomic E-state index is 4.56. The predicted molar refractivity (Wildman–Crippen MR) is 70.9 cm³/mol. The van der Waals surface area contributed by atoms with Crippen LogP contribution in [0, 0.1) is 0 Å². The summed E-state index contributed by atoms with van der Waals surface area (Å²) in [6.07, 6.45) is 1.12. The molecule has 0 amide bonds. The maximum absolute atomic E-state index is 4.56. The van der Waals surface area contributed by atoms with E-state index in [1.165, 1.54) is 0 Å². The number of rotatable bonds is 5. The van der Waals surface area contributed by atoms with Gasteiger partial charge in [0.25, 0.3) is 0 Å². The third-order valence-electron chi connectivity index (χ3n) is 2.82. The molecule has 2 aromatic rings. The van der Waals surface area contributed by atoms with Crippen molar-refractivity contribution in [3.05, 3.63) is 23.3 Å². The molecule has 92 valence electrons. The molecule has 0 saturated heterocycles. The van der Waals surface area contributed by atoms with E-state index in [1.54, 1.807) is 11.3 Å². The van der Waals surface area contributed by atoms with Crippen molar-refractivity contribution in [3.63, 3.8) is 0 Å². The lowest BCUT2D eigenvalue weighted by Gasteiger charge is -2.09. The second-order valence-electron chi connectivity index (χ2n) is 4.14. The Balaban J connectivity index is 2.09. The van der Waals surface area contributed by atoms with Gasteiger partial charge >= 0.3 is 0 Å². The first-order valence-electron chi connectivity index (χ1n) is 5.88. The van der Waals surface area contributed by atoms with E-state index in [9.17, 15) is 0 Å². The topological polar surface area (TPSA) is 42.7 Å². The first kappa shape index (κ1) is 12.3. The first-order chi connectivity index (χ1) is 8.20. The van der Waals surface area contributed by atoms with Crippen molar-refractivity contribution in [2.24, 2.45) is 7.05 Å². The van der Waals surface area contributed by atoms with Gasteiger partial charge in [0.15, 0.2) is 5.82 Å². The molecule has 2 aromatic heterocycles. The molecule has 17 heavy (non-hydrogen) atoms. The van der Waals surface area contributed by atoms with Crippen molar-refractivity contribution < 1.29 is 0 Å². The second-order valence-corrected chi connectivity index (χ2v) is 5.09. The van der Waals surface area contributed by atoms with E-state index in [4.69, 9.17) is 0 Å². The molecule has 0 aromatic carbocycles. The number of aromatic nitrogens is 3. The Morgan fingerprint density at radius 2 is 2.35 bits per heavy atom. The molecular formula is C12H18N4S. The van der Waals surface area contributed by atoms with E-state index in [2.05, 4.69) is 29.2 Å². The van der Waals surface area contributed by atoms with Crippen molar-refractivity contribution in [3.8, 4) is 10.7 Å². The largest absolute Gasteiger partial charge is 0.307 e. The molecule has 0 spiro atoms. The fourth-order valence-electron chi connectivity index (χ4n) is 1.49. The summed E-state index contributed by atoms with van der Waals surface area (Å²) >= 11 is 1.67. The van der Waals surface area contributed by atoms with Crippen LogP contribution in [-0.4, -0.2) is 20.8 Å². The van der Waals surface area contributed by atoms with E-state index in [1.807, 2.05) is 29.2 Å². The highest BCUT2D eigenvalue weighted by molar-refractivity contribution is 7.13. The second kappa shape index (κ2) is 5.42. The number of nitrogens with zero attached hydrogens (tertiary/aromatic N) is 3. The Labute approximate surface area is 106 Å². The lowest BCUT2D eigenvalue weighted by Crippen LogP contribution is -2.26. The predicted octanol–water partition coefficient (Wildman–Crippen LogP) is 2.43. The quantitative estimate of drug-likeness (QED) is 0.886. The van der Waals surface area contributed by atoms with Crippen LogP contribution < -0.4 is 5.32 Å². The van der Waals surface area contributed by atoms with Crippen LogP contribution in [0.25, 0.3) is 10.7 Å². The van der Waals surface area contributed by atoms with E-state index < -0.39 is 0 Å². The van der Waals surface area contributed by atoms with Gasteiger partial charge in [0.1, 0.15) is 5.82 Å². The molecule has 0 fully saturated rings. The van der Waals surface area contributed by atoms with E-state index >= 15 is 0 Å². The van der Waals surface area contributed by atoms with E-state index in [0.717, 1.165) is 29.5 Å². The molecule has 1 atom stereocenters. The average Bonchev–Trinajstić information content (AvgIpc) is 2.95. The minimum Gasteiger partial charge on any atom is -0.307 e. The number of hydrogen-bond donors (Lipinski definition) is 1. The third-order valence-corrected chi connectivity index (χ3v) is 3.68. The lowest BCUT2D eigenvalue weighted by atomic mass is 10.2. The zero-order valence-electron chi connectivity index (χ0n) is 10.5. The van der Waals surface area contributed by atoms with Crippen molar-refractivity contribution in [1.29, 1.82) is 0 Å². The first-order valence-corrected chi connectivity index (χ1v) is 6.75. The Hall–Kier alpha value is -1.20. The van der Waals surface area contributed by atoms with E-state index in [0.29, 0.717) is 6.04 Å². The van der Waals surface area contributed by atoms with Gasteiger partial charge in [-0.2, -0.15) is 5.10 Å². The number of thiophene rings is 1. The van der Waals surface area contributed by atoms with Crippen LogP contribution in [0.1, 0.15) is 26.1 Å². The lowest BCUT2D eigenvalue weighted by molar-refractivity contribution is 0.510. The fourth-order valence-corrected chi connectivity index (χ4v) is 2.14. The van der Waals surface area contributed by atoms with Gasteiger partial charge in [-0.05, 0) is 24.8 Å². The molecular weight excluding hydrogens is 232 g/mol. The van der Waals surface area contributed by atoms with Crippen LogP contribution in [0.15, 0.2) is 17.5 Å². The van der Waals surface area contributed by atoms with Crippen molar-refractivity contribution in [2.45, 2.75) is 32.9 Å². The van der Waals surface area contributed by atoms with Crippen LogP contribution in [0.3, 0.4) is 0 Å². The van der Waals surface area contributed by atoms with Crippen LogP contribution >= 0.6 is 11.3 Å². The maximum Gasteiger partial charge on any atom is 0.191 e. The summed E-state index contributed by atoms with van der Waals surface area (Å²) in [7, 11) is 1.94. The SMILES string of the molecule is CCC(C)NCc1nc(-c2cccs2)nn1C. The summed E-state index contributed by atoms with van der Waals surface area (Å²) in [5.41, 5.74) is 0. The summed E-state index contributed by atoms with van der Waals surface area (Å²) in [5.74, 6) is 1.80. The van der Waals surface area contributed by atoms with Gasteiger partial charge in [0.2, 0.25) is 0 Å². The number of aryl methyl sites for hydroxylation is 1. The Bertz CT molecular complexity index is 461.